The number of hydrogen-bond donors (Lipinski definition) is 2. The zero-order chi connectivity index (χ0) is 18.6. The molecule has 3 rings (SSSR count). The SMILES string of the molecule is CN=C(NCc1cccc(F)c1)NCC(C)(C)c1ccc2c(c1)OCO2.I. The predicted molar refractivity (Wildman–Crippen MR) is 116 cm³/mol. The molecule has 0 spiro atoms. The third kappa shape index (κ3) is 5.47. The second-order valence-corrected chi connectivity index (χ2v) is 6.86. The van der Waals surface area contributed by atoms with Crippen LogP contribution in [0.4, 0.5) is 4.39 Å². The standard InChI is InChI=1S/C20H24FN3O2.HI/c1-20(2,15-7-8-17-18(10-15)26-13-25-17)12-24-19(22-3)23-11-14-5-4-6-16(21)9-14;/h4-10H,11-13H2,1-3H3,(H2,22,23,24);1H. The van der Waals surface area contributed by atoms with Gasteiger partial charge in [0.25, 0.3) is 0 Å². The Bertz CT molecular complexity index is 812. The fraction of sp³-hybridized carbons (Fsp3) is 0.350. The van der Waals surface area contributed by atoms with E-state index in [4.69, 9.17) is 9.47 Å². The molecule has 27 heavy (non-hydrogen) atoms. The number of nitrogens with zero attached hydrogens (tertiary/aromatic N) is 1. The van der Waals surface area contributed by atoms with Crippen molar-refractivity contribution in [3.63, 3.8) is 0 Å². The Morgan fingerprint density at radius 3 is 2.63 bits per heavy atom. The van der Waals surface area contributed by atoms with E-state index in [1.165, 1.54) is 12.1 Å². The highest BCUT2D eigenvalue weighted by Crippen LogP contribution is 2.36. The van der Waals surface area contributed by atoms with Gasteiger partial charge in [0.15, 0.2) is 17.5 Å². The topological polar surface area (TPSA) is 54.9 Å². The van der Waals surface area contributed by atoms with Gasteiger partial charge < -0.3 is 20.1 Å². The van der Waals surface area contributed by atoms with E-state index in [0.717, 1.165) is 22.6 Å². The molecule has 146 valence electrons. The van der Waals surface area contributed by atoms with E-state index in [1.54, 1.807) is 13.1 Å². The molecule has 1 aliphatic rings. The molecule has 0 saturated carbocycles. The number of rotatable bonds is 5. The predicted octanol–water partition coefficient (Wildman–Crippen LogP) is 3.82. The van der Waals surface area contributed by atoms with E-state index in [0.29, 0.717) is 19.0 Å². The van der Waals surface area contributed by atoms with E-state index in [9.17, 15) is 4.39 Å². The van der Waals surface area contributed by atoms with Crippen molar-refractivity contribution in [1.29, 1.82) is 0 Å². The number of hydrogen-bond acceptors (Lipinski definition) is 3. The molecule has 0 amide bonds. The highest BCUT2D eigenvalue weighted by molar-refractivity contribution is 14.0. The van der Waals surface area contributed by atoms with Crippen molar-refractivity contribution >= 4 is 29.9 Å². The fourth-order valence-corrected chi connectivity index (χ4v) is 2.78. The lowest BCUT2D eigenvalue weighted by molar-refractivity contribution is 0.174. The molecule has 0 fully saturated rings. The van der Waals surface area contributed by atoms with E-state index < -0.39 is 0 Å². The van der Waals surface area contributed by atoms with Gasteiger partial charge in [-0.05, 0) is 35.4 Å². The summed E-state index contributed by atoms with van der Waals surface area (Å²) in [4.78, 5) is 4.24. The number of nitrogens with one attached hydrogen (secondary N) is 2. The third-order valence-electron chi connectivity index (χ3n) is 4.42. The zero-order valence-corrected chi connectivity index (χ0v) is 18.0. The molecule has 0 atom stereocenters. The lowest BCUT2D eigenvalue weighted by atomic mass is 9.84. The number of ether oxygens (including phenoxy) is 2. The van der Waals surface area contributed by atoms with Crippen molar-refractivity contribution in [3.05, 3.63) is 59.4 Å². The van der Waals surface area contributed by atoms with Crippen molar-refractivity contribution in [2.45, 2.75) is 25.8 Å². The van der Waals surface area contributed by atoms with Crippen molar-refractivity contribution in [3.8, 4) is 11.5 Å². The van der Waals surface area contributed by atoms with Crippen LogP contribution >= 0.6 is 24.0 Å². The minimum Gasteiger partial charge on any atom is -0.454 e. The first-order chi connectivity index (χ1) is 12.5. The first-order valence-electron chi connectivity index (χ1n) is 8.57. The number of fused-ring (bicyclic) bond motifs is 1. The van der Waals surface area contributed by atoms with Crippen LogP contribution in [0.15, 0.2) is 47.5 Å². The monoisotopic (exact) mass is 485 g/mol. The molecule has 7 heteroatoms. The Hall–Kier alpha value is -2.03. The van der Waals surface area contributed by atoms with Crippen LogP contribution < -0.4 is 20.1 Å². The van der Waals surface area contributed by atoms with Gasteiger partial charge in [0.1, 0.15) is 5.82 Å². The van der Waals surface area contributed by atoms with Gasteiger partial charge in [-0.15, -0.1) is 24.0 Å². The van der Waals surface area contributed by atoms with Crippen LogP contribution in [0.3, 0.4) is 0 Å². The lowest BCUT2D eigenvalue weighted by Gasteiger charge is -2.27. The molecular formula is C20H25FIN3O2. The maximum Gasteiger partial charge on any atom is 0.231 e. The Morgan fingerprint density at radius 1 is 1.11 bits per heavy atom. The number of halogens is 2. The largest absolute Gasteiger partial charge is 0.454 e. The summed E-state index contributed by atoms with van der Waals surface area (Å²) >= 11 is 0. The molecule has 0 bridgehead atoms. The highest BCUT2D eigenvalue weighted by Gasteiger charge is 2.24. The van der Waals surface area contributed by atoms with Crippen LogP contribution in [-0.4, -0.2) is 26.3 Å². The second-order valence-electron chi connectivity index (χ2n) is 6.86. The van der Waals surface area contributed by atoms with E-state index in [-0.39, 0.29) is 42.0 Å². The normalized spacial score (nSPS) is 13.1. The van der Waals surface area contributed by atoms with Gasteiger partial charge in [-0.2, -0.15) is 0 Å². The summed E-state index contributed by atoms with van der Waals surface area (Å²) in [5, 5.41) is 6.54. The van der Waals surface area contributed by atoms with E-state index in [1.807, 2.05) is 18.2 Å². The van der Waals surface area contributed by atoms with E-state index in [2.05, 4.69) is 35.5 Å². The van der Waals surface area contributed by atoms with Crippen LogP contribution in [-0.2, 0) is 12.0 Å². The average Bonchev–Trinajstić information content (AvgIpc) is 3.09. The second kappa shape index (κ2) is 9.25. The molecule has 0 aliphatic carbocycles. The van der Waals surface area contributed by atoms with Gasteiger partial charge in [-0.1, -0.05) is 32.0 Å². The van der Waals surface area contributed by atoms with E-state index >= 15 is 0 Å². The van der Waals surface area contributed by atoms with Gasteiger partial charge in [-0.3, -0.25) is 4.99 Å². The number of benzene rings is 2. The van der Waals surface area contributed by atoms with Gasteiger partial charge in [-0.25, -0.2) is 4.39 Å². The first kappa shape index (κ1) is 21.3. The smallest absolute Gasteiger partial charge is 0.231 e. The summed E-state index contributed by atoms with van der Waals surface area (Å²) in [6, 6.07) is 12.5. The van der Waals surface area contributed by atoms with Crippen molar-refractivity contribution < 1.29 is 13.9 Å². The molecule has 0 saturated heterocycles. The van der Waals surface area contributed by atoms with Crippen molar-refractivity contribution in [2.75, 3.05) is 20.4 Å². The lowest BCUT2D eigenvalue weighted by Crippen LogP contribution is -2.43. The Balaban J connectivity index is 0.00000261. The summed E-state index contributed by atoms with van der Waals surface area (Å²) in [5.41, 5.74) is 1.87. The van der Waals surface area contributed by atoms with Crippen LogP contribution in [0.2, 0.25) is 0 Å². The van der Waals surface area contributed by atoms with Crippen LogP contribution in [0.25, 0.3) is 0 Å². The Morgan fingerprint density at radius 2 is 1.89 bits per heavy atom. The highest BCUT2D eigenvalue weighted by atomic mass is 127. The van der Waals surface area contributed by atoms with Crippen molar-refractivity contribution in [2.24, 2.45) is 4.99 Å². The maximum atomic E-state index is 13.3. The summed E-state index contributed by atoms with van der Waals surface area (Å²) in [6.07, 6.45) is 0. The third-order valence-corrected chi connectivity index (χ3v) is 4.42. The van der Waals surface area contributed by atoms with Crippen LogP contribution in [0.1, 0.15) is 25.0 Å². The van der Waals surface area contributed by atoms with Gasteiger partial charge in [0.05, 0.1) is 0 Å². The molecule has 0 radical (unpaired) electrons. The maximum absolute atomic E-state index is 13.3. The fourth-order valence-electron chi connectivity index (χ4n) is 2.78. The average molecular weight is 485 g/mol. The zero-order valence-electron chi connectivity index (χ0n) is 15.7. The quantitative estimate of drug-likeness (QED) is 0.384. The van der Waals surface area contributed by atoms with Crippen LogP contribution in [0.5, 0.6) is 11.5 Å². The molecular weight excluding hydrogens is 460 g/mol. The Labute approximate surface area is 176 Å². The summed E-state index contributed by atoms with van der Waals surface area (Å²) in [5.74, 6) is 1.99. The van der Waals surface area contributed by atoms with Gasteiger partial charge in [0, 0.05) is 25.6 Å². The Kier molecular flexibility index (Phi) is 7.29. The summed E-state index contributed by atoms with van der Waals surface area (Å²) < 4.78 is 24.1. The molecule has 1 heterocycles. The number of aliphatic imine (C=N–C) groups is 1. The van der Waals surface area contributed by atoms with Crippen LogP contribution in [0, 0.1) is 5.82 Å². The minimum absolute atomic E-state index is 0. The van der Waals surface area contributed by atoms with Gasteiger partial charge >= 0.3 is 0 Å². The number of guanidine groups is 1. The molecule has 1 aliphatic heterocycles. The molecule has 0 aromatic heterocycles. The molecule has 0 unspecified atom stereocenters. The molecule has 2 N–H and O–H groups in total. The molecule has 5 nitrogen and oxygen atoms in total. The molecule has 2 aromatic rings. The van der Waals surface area contributed by atoms with Crippen molar-refractivity contribution in [1.82, 2.24) is 10.6 Å². The first-order valence-corrected chi connectivity index (χ1v) is 8.57. The summed E-state index contributed by atoms with van der Waals surface area (Å²) in [7, 11) is 1.72. The molecule has 2 aromatic carbocycles. The minimum atomic E-state index is -0.240. The summed E-state index contributed by atoms with van der Waals surface area (Å²) in [6.45, 7) is 5.75. The van der Waals surface area contributed by atoms with Gasteiger partial charge in [0.2, 0.25) is 6.79 Å².